The Hall–Kier alpha value is -1.85. The van der Waals surface area contributed by atoms with Gasteiger partial charge in [0.25, 0.3) is 0 Å². The van der Waals surface area contributed by atoms with E-state index in [0.717, 1.165) is 12.1 Å². The van der Waals surface area contributed by atoms with Crippen LogP contribution in [0.25, 0.3) is 0 Å². The van der Waals surface area contributed by atoms with E-state index in [4.69, 9.17) is 9.47 Å². The zero-order valence-electron chi connectivity index (χ0n) is 16.2. The largest absolute Gasteiger partial charge is 0.490 e. The zero-order chi connectivity index (χ0) is 22.0. The lowest BCUT2D eigenvalue weighted by atomic mass is 9.82. The third kappa shape index (κ3) is 5.25. The van der Waals surface area contributed by atoms with Crippen molar-refractivity contribution >= 4 is 16.0 Å². The summed E-state index contributed by atoms with van der Waals surface area (Å²) >= 11 is 0. The average molecular weight is 451 g/mol. The highest BCUT2D eigenvalue weighted by Crippen LogP contribution is 2.34. The monoisotopic (exact) mass is 451 g/mol. The lowest BCUT2D eigenvalue weighted by Crippen LogP contribution is -2.49. The van der Waals surface area contributed by atoms with E-state index in [-0.39, 0.29) is 51.0 Å². The fourth-order valence-electron chi connectivity index (χ4n) is 3.77. The van der Waals surface area contributed by atoms with Crippen molar-refractivity contribution in [1.82, 2.24) is 4.31 Å². The Bertz CT molecular complexity index is 842. The van der Waals surface area contributed by atoms with E-state index in [1.807, 2.05) is 0 Å². The minimum absolute atomic E-state index is 0.148. The number of sulfonamides is 1. The molecule has 2 aliphatic rings. The number of carbonyl (C=O) groups is 1. The number of aliphatic carboxylic acids is 1. The van der Waals surface area contributed by atoms with E-state index in [1.165, 1.54) is 16.4 Å². The van der Waals surface area contributed by atoms with Gasteiger partial charge in [-0.1, -0.05) is 0 Å². The molecule has 2 aliphatic heterocycles. The minimum atomic E-state index is -4.42. The highest BCUT2D eigenvalue weighted by atomic mass is 32.2. The quantitative estimate of drug-likeness (QED) is 0.715. The van der Waals surface area contributed by atoms with Crippen molar-refractivity contribution in [3.05, 3.63) is 29.8 Å². The number of hydrogen-bond acceptors (Lipinski definition) is 5. The molecule has 30 heavy (non-hydrogen) atoms. The Labute approximate surface area is 172 Å². The maximum Gasteiger partial charge on any atom is 0.416 e. The van der Waals surface area contributed by atoms with Gasteiger partial charge in [0.1, 0.15) is 11.9 Å². The minimum Gasteiger partial charge on any atom is -0.490 e. The number of carboxylic acids is 1. The van der Waals surface area contributed by atoms with Crippen molar-refractivity contribution < 1.29 is 41.0 Å². The SMILES string of the molecule is O=C(O)C1(CS(=O)(=O)N2CCC(Oc3ccc(C(F)(F)F)cc3)CC2)CCOCC1. The molecule has 0 radical (unpaired) electrons. The predicted octanol–water partition coefficient (Wildman–Crippen LogP) is 2.76. The molecule has 0 saturated carbocycles. The molecule has 3 rings (SSSR count). The molecule has 2 heterocycles. The molecule has 2 fully saturated rings. The molecular formula is C19H24F3NO6S. The number of piperidine rings is 1. The van der Waals surface area contributed by atoms with Crippen LogP contribution in [0.2, 0.25) is 0 Å². The van der Waals surface area contributed by atoms with Crippen LogP contribution in [-0.4, -0.2) is 62.0 Å². The van der Waals surface area contributed by atoms with Gasteiger partial charge in [-0.2, -0.15) is 13.2 Å². The predicted molar refractivity (Wildman–Crippen MR) is 101 cm³/mol. The Kier molecular flexibility index (Phi) is 6.63. The smallest absolute Gasteiger partial charge is 0.416 e. The zero-order valence-corrected chi connectivity index (χ0v) is 17.0. The van der Waals surface area contributed by atoms with Gasteiger partial charge >= 0.3 is 12.1 Å². The summed E-state index contributed by atoms with van der Waals surface area (Å²) in [4.78, 5) is 11.7. The molecule has 0 amide bonds. The van der Waals surface area contributed by atoms with Gasteiger partial charge in [-0.3, -0.25) is 4.79 Å². The molecule has 0 bridgehead atoms. The summed E-state index contributed by atoms with van der Waals surface area (Å²) < 4.78 is 75.7. The van der Waals surface area contributed by atoms with E-state index in [9.17, 15) is 31.5 Å². The van der Waals surface area contributed by atoms with Crippen molar-refractivity contribution in [2.75, 3.05) is 32.1 Å². The lowest BCUT2D eigenvalue weighted by Gasteiger charge is -2.36. The van der Waals surface area contributed by atoms with Gasteiger partial charge < -0.3 is 14.6 Å². The number of carboxylic acid groups (broad SMARTS) is 1. The van der Waals surface area contributed by atoms with E-state index >= 15 is 0 Å². The van der Waals surface area contributed by atoms with Crippen LogP contribution >= 0.6 is 0 Å². The second-order valence-corrected chi connectivity index (χ2v) is 9.66. The maximum atomic E-state index is 12.8. The normalized spacial score (nSPS) is 21.3. The van der Waals surface area contributed by atoms with Gasteiger partial charge in [0.15, 0.2) is 0 Å². The molecule has 168 valence electrons. The molecule has 0 unspecified atom stereocenters. The first kappa shape index (κ1) is 22.8. The molecule has 0 spiro atoms. The van der Waals surface area contributed by atoms with Crippen LogP contribution in [-0.2, 0) is 25.7 Å². The van der Waals surface area contributed by atoms with E-state index in [2.05, 4.69) is 0 Å². The Morgan fingerprint density at radius 3 is 2.23 bits per heavy atom. The maximum absolute atomic E-state index is 12.8. The van der Waals surface area contributed by atoms with Crippen molar-refractivity contribution in [3.8, 4) is 5.75 Å². The number of halogens is 3. The van der Waals surface area contributed by atoms with Crippen LogP contribution in [0.4, 0.5) is 13.2 Å². The summed E-state index contributed by atoms with van der Waals surface area (Å²) in [6, 6.07) is 4.36. The molecule has 7 nitrogen and oxygen atoms in total. The third-order valence-corrected chi connectivity index (χ3v) is 7.71. The number of ether oxygens (including phenoxy) is 2. The number of alkyl halides is 3. The van der Waals surface area contributed by atoms with Crippen LogP contribution < -0.4 is 4.74 Å². The molecule has 2 saturated heterocycles. The van der Waals surface area contributed by atoms with Gasteiger partial charge in [-0.25, -0.2) is 12.7 Å². The van der Waals surface area contributed by atoms with Crippen LogP contribution in [0.3, 0.4) is 0 Å². The first-order valence-electron chi connectivity index (χ1n) is 9.65. The van der Waals surface area contributed by atoms with Gasteiger partial charge in [0, 0.05) is 26.3 Å². The Morgan fingerprint density at radius 2 is 1.73 bits per heavy atom. The standard InChI is InChI=1S/C19H24F3NO6S/c20-19(21,22)14-1-3-15(4-2-14)29-16-5-9-23(10-6-16)30(26,27)13-18(17(24)25)7-11-28-12-8-18/h1-4,16H,5-13H2,(H,24,25). The second-order valence-electron chi connectivity index (χ2n) is 7.69. The molecule has 0 aromatic heterocycles. The highest BCUT2D eigenvalue weighted by Gasteiger charge is 2.46. The molecule has 0 atom stereocenters. The summed E-state index contributed by atoms with van der Waals surface area (Å²) in [5, 5.41) is 9.60. The number of hydrogen-bond donors (Lipinski definition) is 1. The fraction of sp³-hybridized carbons (Fsp3) is 0.632. The summed E-state index contributed by atoms with van der Waals surface area (Å²) in [6.45, 7) is 0.759. The van der Waals surface area contributed by atoms with E-state index < -0.39 is 38.9 Å². The summed E-state index contributed by atoms with van der Waals surface area (Å²) in [7, 11) is -3.79. The highest BCUT2D eigenvalue weighted by molar-refractivity contribution is 7.89. The molecule has 0 aliphatic carbocycles. The van der Waals surface area contributed by atoms with Crippen molar-refractivity contribution in [2.24, 2.45) is 5.41 Å². The van der Waals surface area contributed by atoms with Gasteiger partial charge in [-0.05, 0) is 49.9 Å². The molecule has 1 N–H and O–H groups in total. The Morgan fingerprint density at radius 1 is 1.17 bits per heavy atom. The van der Waals surface area contributed by atoms with Crippen LogP contribution in [0.5, 0.6) is 5.75 Å². The van der Waals surface area contributed by atoms with Crippen LogP contribution in [0, 0.1) is 5.41 Å². The second kappa shape index (κ2) is 8.72. The Balaban J connectivity index is 1.57. The van der Waals surface area contributed by atoms with Crippen molar-refractivity contribution in [2.45, 2.75) is 38.0 Å². The summed E-state index contributed by atoms with van der Waals surface area (Å²) in [6.07, 6.45) is -3.72. The van der Waals surface area contributed by atoms with Gasteiger partial charge in [0.05, 0.1) is 16.7 Å². The summed E-state index contributed by atoms with van der Waals surface area (Å²) in [5.41, 5.74) is -2.11. The molecular weight excluding hydrogens is 427 g/mol. The number of rotatable bonds is 6. The number of benzene rings is 1. The summed E-state index contributed by atoms with van der Waals surface area (Å²) in [5.74, 6) is -1.31. The van der Waals surface area contributed by atoms with Gasteiger partial charge in [-0.15, -0.1) is 0 Å². The fourth-order valence-corrected chi connectivity index (χ4v) is 5.83. The number of nitrogens with zero attached hydrogens (tertiary/aromatic N) is 1. The van der Waals surface area contributed by atoms with E-state index in [1.54, 1.807) is 0 Å². The third-order valence-electron chi connectivity index (χ3n) is 5.64. The first-order valence-corrected chi connectivity index (χ1v) is 11.3. The lowest BCUT2D eigenvalue weighted by molar-refractivity contribution is -0.153. The van der Waals surface area contributed by atoms with Gasteiger partial charge in [0.2, 0.25) is 10.0 Å². The first-order chi connectivity index (χ1) is 14.0. The van der Waals surface area contributed by atoms with Crippen molar-refractivity contribution in [1.29, 1.82) is 0 Å². The van der Waals surface area contributed by atoms with Crippen LogP contribution in [0.1, 0.15) is 31.2 Å². The average Bonchev–Trinajstić information content (AvgIpc) is 2.68. The topological polar surface area (TPSA) is 93.1 Å². The van der Waals surface area contributed by atoms with E-state index in [0.29, 0.717) is 12.8 Å². The molecule has 1 aromatic rings. The molecule has 1 aromatic carbocycles. The van der Waals surface area contributed by atoms with Crippen molar-refractivity contribution in [3.63, 3.8) is 0 Å². The molecule has 11 heteroatoms. The van der Waals surface area contributed by atoms with Crippen LogP contribution in [0.15, 0.2) is 24.3 Å².